The van der Waals surface area contributed by atoms with Crippen molar-refractivity contribution in [3.63, 3.8) is 0 Å². The van der Waals surface area contributed by atoms with E-state index in [1.165, 1.54) is 22.6 Å². The fraction of sp³-hybridized carbons (Fsp3) is 0.409. The van der Waals surface area contributed by atoms with Crippen LogP contribution in [0.15, 0.2) is 54.6 Å². The monoisotopic (exact) mass is 353 g/mol. The highest BCUT2D eigenvalue weighted by Crippen LogP contribution is 2.14. The van der Waals surface area contributed by atoms with E-state index in [0.717, 1.165) is 44.7 Å². The van der Waals surface area contributed by atoms with Gasteiger partial charge in [-0.2, -0.15) is 0 Å². The van der Waals surface area contributed by atoms with Gasteiger partial charge in [-0.05, 0) is 23.6 Å². The normalized spacial score (nSPS) is 19.9. The van der Waals surface area contributed by atoms with Crippen LogP contribution < -0.4 is 15.1 Å². The molecule has 4 heteroatoms. The van der Waals surface area contributed by atoms with Crippen LogP contribution in [0.5, 0.6) is 0 Å². The topological polar surface area (TPSA) is 38.0 Å². The Balaban J connectivity index is 1.40. The summed E-state index contributed by atoms with van der Waals surface area (Å²) in [5.41, 5.74) is 3.58. The van der Waals surface area contributed by atoms with E-state index in [9.17, 15) is 4.79 Å². The molecule has 0 unspecified atom stereocenters. The maximum Gasteiger partial charge on any atom is 0.279 e. The van der Waals surface area contributed by atoms with Gasteiger partial charge in [0.2, 0.25) is 0 Å². The van der Waals surface area contributed by atoms with E-state index in [-0.39, 0.29) is 5.91 Å². The number of carbonyl (C=O) groups excluding carboxylic acids is 1. The zero-order chi connectivity index (χ0) is 18.2. The minimum atomic E-state index is 0.133. The van der Waals surface area contributed by atoms with Gasteiger partial charge < -0.3 is 15.1 Å². The highest BCUT2D eigenvalue weighted by atomic mass is 16.2. The predicted molar refractivity (Wildman–Crippen MR) is 106 cm³/mol. The minimum absolute atomic E-state index is 0.133. The zero-order valence-corrected chi connectivity index (χ0v) is 15.8. The van der Waals surface area contributed by atoms with Crippen molar-refractivity contribution in [2.45, 2.75) is 19.8 Å². The maximum absolute atomic E-state index is 12.4. The largest absolute Gasteiger partial charge is 0.325 e. The van der Waals surface area contributed by atoms with Gasteiger partial charge >= 0.3 is 0 Å². The zero-order valence-electron chi connectivity index (χ0n) is 15.8. The van der Waals surface area contributed by atoms with Crippen LogP contribution in [0.4, 0.5) is 5.69 Å². The second-order valence-electron chi connectivity index (χ2n) is 7.22. The number of aryl methyl sites for hydroxylation is 1. The van der Waals surface area contributed by atoms with Gasteiger partial charge in [-0.3, -0.25) is 4.79 Å². The second kappa shape index (κ2) is 9.51. The molecule has 1 aliphatic heterocycles. The van der Waals surface area contributed by atoms with Crippen LogP contribution >= 0.6 is 0 Å². The lowest BCUT2D eigenvalue weighted by Gasteiger charge is -2.29. The van der Waals surface area contributed by atoms with Crippen LogP contribution in [0, 0.1) is 0 Å². The van der Waals surface area contributed by atoms with E-state index < -0.39 is 0 Å². The van der Waals surface area contributed by atoms with Crippen molar-refractivity contribution in [3.8, 4) is 0 Å². The van der Waals surface area contributed by atoms with Crippen molar-refractivity contribution in [1.82, 2.24) is 0 Å². The Kier molecular flexibility index (Phi) is 6.81. The number of nitrogens with one attached hydrogen (secondary N) is 3. The number of rotatable bonds is 7. The van der Waals surface area contributed by atoms with Gasteiger partial charge in [0, 0.05) is 12.1 Å². The Labute approximate surface area is 156 Å². The molecule has 26 heavy (non-hydrogen) atoms. The molecule has 1 fully saturated rings. The van der Waals surface area contributed by atoms with E-state index >= 15 is 0 Å². The second-order valence-corrected chi connectivity index (χ2v) is 7.22. The predicted octanol–water partition coefficient (Wildman–Crippen LogP) is 0.214. The standard InChI is InChI=1S/C22H29N3O/c1-2-20-10-6-7-11-21(20)23-22(26)18-25-16-14-24(15-17-25)13-12-19-8-4-3-5-9-19/h3-11H,2,12-18H2,1H3,(H,23,26)/p+2. The molecule has 0 radical (unpaired) electrons. The Morgan fingerprint density at radius 2 is 1.58 bits per heavy atom. The van der Waals surface area contributed by atoms with Crippen molar-refractivity contribution in [1.29, 1.82) is 0 Å². The summed E-state index contributed by atoms with van der Waals surface area (Å²) in [7, 11) is 0. The number of para-hydroxylation sites is 1. The number of quaternary nitrogens is 2. The number of piperazine rings is 1. The van der Waals surface area contributed by atoms with Crippen LogP contribution in [-0.4, -0.2) is 45.2 Å². The van der Waals surface area contributed by atoms with Crippen molar-refractivity contribution < 1.29 is 14.6 Å². The van der Waals surface area contributed by atoms with Gasteiger partial charge in [-0.15, -0.1) is 0 Å². The summed E-state index contributed by atoms with van der Waals surface area (Å²) >= 11 is 0. The average molecular weight is 354 g/mol. The van der Waals surface area contributed by atoms with E-state index in [2.05, 4.69) is 48.6 Å². The van der Waals surface area contributed by atoms with Gasteiger partial charge in [-0.1, -0.05) is 55.5 Å². The molecule has 1 heterocycles. The minimum Gasteiger partial charge on any atom is -0.325 e. The Morgan fingerprint density at radius 3 is 2.31 bits per heavy atom. The van der Waals surface area contributed by atoms with Gasteiger partial charge in [-0.25, -0.2) is 0 Å². The van der Waals surface area contributed by atoms with E-state index in [4.69, 9.17) is 0 Å². The average Bonchev–Trinajstić information content (AvgIpc) is 2.68. The number of carbonyl (C=O) groups is 1. The number of hydrogen-bond donors (Lipinski definition) is 3. The number of amides is 1. The first-order valence-corrected chi connectivity index (χ1v) is 9.83. The van der Waals surface area contributed by atoms with Crippen LogP contribution in [-0.2, 0) is 17.6 Å². The van der Waals surface area contributed by atoms with E-state index in [0.29, 0.717) is 6.54 Å². The molecule has 0 aliphatic carbocycles. The maximum atomic E-state index is 12.4. The molecule has 3 rings (SSSR count). The SMILES string of the molecule is CCc1ccccc1NC(=O)C[NH+]1CC[NH+](CCc2ccccc2)CC1. The fourth-order valence-electron chi connectivity index (χ4n) is 3.72. The first-order valence-electron chi connectivity index (χ1n) is 9.83. The lowest BCUT2D eigenvalue weighted by molar-refractivity contribution is -1.01. The third-order valence-electron chi connectivity index (χ3n) is 5.36. The molecule has 0 spiro atoms. The van der Waals surface area contributed by atoms with E-state index in [1.807, 2.05) is 18.2 Å². The van der Waals surface area contributed by atoms with Gasteiger partial charge in [0.05, 0.1) is 6.54 Å². The lowest BCUT2D eigenvalue weighted by Crippen LogP contribution is -3.28. The fourth-order valence-corrected chi connectivity index (χ4v) is 3.72. The number of hydrogen-bond acceptors (Lipinski definition) is 1. The van der Waals surface area contributed by atoms with Crippen molar-refractivity contribution in [2.75, 3.05) is 44.6 Å². The van der Waals surface area contributed by atoms with Gasteiger partial charge in [0.25, 0.3) is 5.91 Å². The molecule has 1 amide bonds. The molecule has 0 aromatic heterocycles. The van der Waals surface area contributed by atoms with Crippen molar-refractivity contribution in [3.05, 3.63) is 65.7 Å². The summed E-state index contributed by atoms with van der Waals surface area (Å²) in [6.07, 6.45) is 2.08. The summed E-state index contributed by atoms with van der Waals surface area (Å²) < 4.78 is 0. The first-order chi connectivity index (χ1) is 12.7. The summed E-state index contributed by atoms with van der Waals surface area (Å²) in [5, 5.41) is 3.10. The van der Waals surface area contributed by atoms with Crippen LogP contribution in [0.2, 0.25) is 0 Å². The van der Waals surface area contributed by atoms with Crippen LogP contribution in [0.25, 0.3) is 0 Å². The molecule has 1 saturated heterocycles. The molecule has 2 aromatic carbocycles. The quantitative estimate of drug-likeness (QED) is 0.654. The summed E-state index contributed by atoms with van der Waals surface area (Å²) in [5.74, 6) is 0.133. The van der Waals surface area contributed by atoms with Crippen LogP contribution in [0.1, 0.15) is 18.1 Å². The third-order valence-corrected chi connectivity index (χ3v) is 5.36. The summed E-state index contributed by atoms with van der Waals surface area (Å²) in [6, 6.07) is 18.8. The number of anilines is 1. The smallest absolute Gasteiger partial charge is 0.279 e. The van der Waals surface area contributed by atoms with Gasteiger partial charge in [0.1, 0.15) is 26.2 Å². The molecule has 1 aliphatic rings. The van der Waals surface area contributed by atoms with Gasteiger partial charge in [0.15, 0.2) is 6.54 Å². The molecular formula is C22H31N3O+2. The summed E-state index contributed by atoms with van der Waals surface area (Å²) in [4.78, 5) is 15.5. The highest BCUT2D eigenvalue weighted by Gasteiger charge is 2.24. The Hall–Kier alpha value is -2.17. The molecule has 0 bridgehead atoms. The summed E-state index contributed by atoms with van der Waals surface area (Å²) in [6.45, 7) is 8.34. The molecule has 0 atom stereocenters. The van der Waals surface area contributed by atoms with E-state index in [1.54, 1.807) is 4.90 Å². The molecule has 3 N–H and O–H groups in total. The van der Waals surface area contributed by atoms with Crippen molar-refractivity contribution >= 4 is 11.6 Å². The molecular weight excluding hydrogens is 322 g/mol. The van der Waals surface area contributed by atoms with Crippen molar-refractivity contribution in [2.24, 2.45) is 0 Å². The highest BCUT2D eigenvalue weighted by molar-refractivity contribution is 5.92. The molecule has 0 saturated carbocycles. The molecule has 138 valence electrons. The third kappa shape index (κ3) is 5.41. The number of benzene rings is 2. The Bertz CT molecular complexity index is 694. The van der Waals surface area contributed by atoms with Crippen LogP contribution in [0.3, 0.4) is 0 Å². The lowest BCUT2D eigenvalue weighted by atomic mass is 10.1. The Morgan fingerprint density at radius 1 is 0.923 bits per heavy atom. The first kappa shape index (κ1) is 18.6. The molecule has 2 aromatic rings. The molecule has 4 nitrogen and oxygen atoms in total.